The summed E-state index contributed by atoms with van der Waals surface area (Å²) in [4.78, 5) is 18.1. The van der Waals surface area contributed by atoms with Gasteiger partial charge in [-0.1, -0.05) is 35.8 Å². The number of hydrogen-bond acceptors (Lipinski definition) is 3. The lowest BCUT2D eigenvalue weighted by molar-refractivity contribution is 0.255. The molecule has 4 nitrogen and oxygen atoms in total. The molecule has 1 heterocycles. The van der Waals surface area contributed by atoms with Crippen LogP contribution in [0.25, 0.3) is 0 Å². The number of benzene rings is 1. The van der Waals surface area contributed by atoms with Crippen LogP contribution < -0.4 is 10.2 Å². The van der Waals surface area contributed by atoms with E-state index in [1.165, 1.54) is 17.2 Å². The summed E-state index contributed by atoms with van der Waals surface area (Å²) in [7, 11) is 0. The number of nitrogens with one attached hydrogen (secondary N) is 1. The number of nitrogens with zero attached hydrogens (tertiary/aromatic N) is 2. The van der Waals surface area contributed by atoms with Gasteiger partial charge in [0.15, 0.2) is 16.8 Å². The number of anilines is 2. The Balaban J connectivity index is 1.82. The van der Waals surface area contributed by atoms with Crippen LogP contribution in [-0.4, -0.2) is 17.6 Å². The molecule has 1 N–H and O–H groups in total. The van der Waals surface area contributed by atoms with E-state index >= 15 is 0 Å². The van der Waals surface area contributed by atoms with Gasteiger partial charge in [0.2, 0.25) is 0 Å². The molecule has 2 amide bonds. The van der Waals surface area contributed by atoms with Gasteiger partial charge in [-0.2, -0.15) is 0 Å². The zero-order valence-electron chi connectivity index (χ0n) is 12.8. The van der Waals surface area contributed by atoms with Crippen molar-refractivity contribution in [2.24, 2.45) is 5.92 Å². The first-order valence-electron chi connectivity index (χ1n) is 7.68. The minimum absolute atomic E-state index is 0.320. The van der Waals surface area contributed by atoms with E-state index in [1.807, 2.05) is 0 Å². The van der Waals surface area contributed by atoms with E-state index in [0.29, 0.717) is 27.6 Å². The first kappa shape index (κ1) is 17.1. The van der Waals surface area contributed by atoms with Crippen molar-refractivity contribution in [3.05, 3.63) is 40.4 Å². The van der Waals surface area contributed by atoms with Gasteiger partial charge in [-0.25, -0.2) is 18.6 Å². The molecule has 1 aromatic heterocycles. The average molecular weight is 372 g/mol. The Kier molecular flexibility index (Phi) is 5.30. The number of aromatic nitrogens is 1. The highest BCUT2D eigenvalue weighted by Gasteiger charge is 2.24. The van der Waals surface area contributed by atoms with Crippen molar-refractivity contribution in [1.82, 2.24) is 4.98 Å². The third-order valence-corrected chi connectivity index (χ3v) is 5.10. The molecule has 0 unspecified atom stereocenters. The highest BCUT2D eigenvalue weighted by molar-refractivity contribution is 7.19. The normalized spacial score (nSPS) is 14.8. The molecule has 8 heteroatoms. The molecule has 0 radical (unpaired) electrons. The molecular weight excluding hydrogens is 356 g/mol. The zero-order chi connectivity index (χ0) is 17.1. The fourth-order valence-corrected chi connectivity index (χ4v) is 3.68. The van der Waals surface area contributed by atoms with Crippen LogP contribution in [0.1, 0.15) is 25.7 Å². The Hall–Kier alpha value is -1.73. The van der Waals surface area contributed by atoms with E-state index in [2.05, 4.69) is 10.3 Å². The van der Waals surface area contributed by atoms with Gasteiger partial charge in [-0.05, 0) is 30.9 Å². The predicted octanol–water partition coefficient (Wildman–Crippen LogP) is 5.30. The van der Waals surface area contributed by atoms with Crippen LogP contribution >= 0.6 is 22.9 Å². The molecule has 1 aromatic carbocycles. The third-order valence-electron chi connectivity index (χ3n) is 4.07. The topological polar surface area (TPSA) is 45.2 Å². The summed E-state index contributed by atoms with van der Waals surface area (Å²) in [6, 6.07) is 3.04. The van der Waals surface area contributed by atoms with Crippen LogP contribution in [-0.2, 0) is 0 Å². The summed E-state index contributed by atoms with van der Waals surface area (Å²) in [6.45, 7) is 0.454. The van der Waals surface area contributed by atoms with Gasteiger partial charge >= 0.3 is 6.03 Å². The maximum absolute atomic E-state index is 13.6. The molecule has 24 heavy (non-hydrogen) atoms. The summed E-state index contributed by atoms with van der Waals surface area (Å²) < 4.78 is 27.2. The number of rotatable bonds is 4. The zero-order valence-corrected chi connectivity index (χ0v) is 14.3. The largest absolute Gasteiger partial charge is 0.328 e. The second kappa shape index (κ2) is 7.44. The Bertz CT molecular complexity index is 734. The van der Waals surface area contributed by atoms with Crippen molar-refractivity contribution in [2.45, 2.75) is 25.7 Å². The fraction of sp³-hybridized carbons (Fsp3) is 0.375. The maximum Gasteiger partial charge on any atom is 0.328 e. The van der Waals surface area contributed by atoms with Crippen molar-refractivity contribution in [3.63, 3.8) is 0 Å². The van der Waals surface area contributed by atoms with E-state index in [0.717, 1.165) is 49.2 Å². The first-order chi connectivity index (χ1) is 11.5. The number of urea groups is 1. The van der Waals surface area contributed by atoms with Crippen LogP contribution in [0.15, 0.2) is 24.4 Å². The second-order valence-electron chi connectivity index (χ2n) is 5.76. The molecule has 0 aliphatic heterocycles. The highest BCUT2D eigenvalue weighted by Crippen LogP contribution is 2.29. The lowest BCUT2D eigenvalue weighted by Crippen LogP contribution is -2.38. The molecule has 128 valence electrons. The van der Waals surface area contributed by atoms with Gasteiger partial charge in [-0.3, -0.25) is 10.2 Å². The first-order valence-corrected chi connectivity index (χ1v) is 8.87. The second-order valence-corrected chi connectivity index (χ2v) is 7.42. The number of hydrogen-bond donors (Lipinski definition) is 1. The lowest BCUT2D eigenvalue weighted by Gasteiger charge is -2.25. The van der Waals surface area contributed by atoms with Crippen LogP contribution in [0.4, 0.5) is 24.4 Å². The van der Waals surface area contributed by atoms with Crippen molar-refractivity contribution >= 4 is 39.8 Å². The monoisotopic (exact) mass is 371 g/mol. The highest BCUT2D eigenvalue weighted by atomic mass is 35.5. The average Bonchev–Trinajstić information content (AvgIpc) is 3.19. The van der Waals surface area contributed by atoms with E-state index < -0.39 is 17.7 Å². The van der Waals surface area contributed by atoms with E-state index in [4.69, 9.17) is 11.6 Å². The van der Waals surface area contributed by atoms with E-state index in [9.17, 15) is 13.6 Å². The predicted molar refractivity (Wildman–Crippen MR) is 91.8 cm³/mol. The minimum atomic E-state index is -0.978. The minimum Gasteiger partial charge on any atom is -0.294 e. The molecule has 1 aliphatic carbocycles. The van der Waals surface area contributed by atoms with Crippen molar-refractivity contribution in [1.29, 1.82) is 0 Å². The number of halogens is 3. The van der Waals surface area contributed by atoms with Crippen LogP contribution in [0.5, 0.6) is 0 Å². The van der Waals surface area contributed by atoms with Gasteiger partial charge in [0.25, 0.3) is 0 Å². The van der Waals surface area contributed by atoms with Crippen LogP contribution in [0.2, 0.25) is 4.34 Å². The quantitative estimate of drug-likeness (QED) is 0.792. The smallest absolute Gasteiger partial charge is 0.294 e. The van der Waals surface area contributed by atoms with Gasteiger partial charge in [-0.15, -0.1) is 0 Å². The van der Waals surface area contributed by atoms with E-state index in [1.54, 1.807) is 0 Å². The Morgan fingerprint density at radius 2 is 2.08 bits per heavy atom. The van der Waals surface area contributed by atoms with Crippen LogP contribution in [0, 0.1) is 17.6 Å². The molecule has 1 aliphatic rings. The molecule has 1 saturated carbocycles. The number of carbonyl (C=O) groups is 1. The molecule has 0 atom stereocenters. The lowest BCUT2D eigenvalue weighted by atomic mass is 10.1. The maximum atomic E-state index is 13.6. The Labute approximate surface area is 147 Å². The standard InChI is InChI=1S/C16H16ClF2N3OS/c17-14-8-20-15(24-14)21-16(23)22(9-10-3-1-2-4-10)11-5-6-12(18)13(19)7-11/h5-8,10H,1-4,9H2,(H,20,21,23). The van der Waals surface area contributed by atoms with Gasteiger partial charge in [0.05, 0.1) is 6.20 Å². The van der Waals surface area contributed by atoms with Gasteiger partial charge in [0.1, 0.15) is 4.34 Å². The summed E-state index contributed by atoms with van der Waals surface area (Å²) in [5, 5.41) is 3.03. The van der Waals surface area contributed by atoms with Crippen molar-refractivity contribution in [2.75, 3.05) is 16.8 Å². The number of amides is 2. The third kappa shape index (κ3) is 4.02. The summed E-state index contributed by atoms with van der Waals surface area (Å²) in [5.74, 6) is -1.57. The molecule has 1 fully saturated rings. The van der Waals surface area contributed by atoms with Crippen molar-refractivity contribution in [3.8, 4) is 0 Å². The molecule has 0 bridgehead atoms. The van der Waals surface area contributed by atoms with Gasteiger partial charge < -0.3 is 0 Å². The summed E-state index contributed by atoms with van der Waals surface area (Å²) in [6.07, 6.45) is 5.74. The SMILES string of the molecule is O=C(Nc1ncc(Cl)s1)N(CC1CCCC1)c1ccc(F)c(F)c1. The Morgan fingerprint density at radius 3 is 2.71 bits per heavy atom. The van der Waals surface area contributed by atoms with Crippen LogP contribution in [0.3, 0.4) is 0 Å². The molecule has 0 saturated heterocycles. The van der Waals surface area contributed by atoms with Gasteiger partial charge in [0, 0.05) is 18.3 Å². The molecule has 0 spiro atoms. The number of thiazole rings is 1. The molecular formula is C16H16ClF2N3OS. The Morgan fingerprint density at radius 1 is 1.33 bits per heavy atom. The molecule has 3 rings (SSSR count). The summed E-state index contributed by atoms with van der Waals surface area (Å²) in [5.41, 5.74) is 0.320. The summed E-state index contributed by atoms with van der Waals surface area (Å²) >= 11 is 6.95. The molecule has 2 aromatic rings. The fourth-order valence-electron chi connectivity index (χ4n) is 2.88. The van der Waals surface area contributed by atoms with E-state index in [-0.39, 0.29) is 0 Å². The number of carbonyl (C=O) groups excluding carboxylic acids is 1. The van der Waals surface area contributed by atoms with Crippen molar-refractivity contribution < 1.29 is 13.6 Å².